The average Bonchev–Trinajstić information content (AvgIpc) is 3.15. The molecule has 3 aliphatic heterocycles. The first kappa shape index (κ1) is 10.6. The van der Waals surface area contributed by atoms with Gasteiger partial charge in [-0.3, -0.25) is 4.90 Å². The summed E-state index contributed by atoms with van der Waals surface area (Å²) in [6, 6.07) is 7.86. The van der Waals surface area contributed by atoms with Gasteiger partial charge in [-0.1, -0.05) is 6.07 Å². The quantitative estimate of drug-likeness (QED) is 0.742. The van der Waals surface area contributed by atoms with E-state index in [0.717, 1.165) is 32.0 Å². The van der Waals surface area contributed by atoms with Crippen molar-refractivity contribution in [3.8, 4) is 5.75 Å². The number of nitrogens with one attached hydrogen (secondary N) is 1. The Kier molecular flexibility index (Phi) is 2.29. The van der Waals surface area contributed by atoms with Crippen molar-refractivity contribution in [2.45, 2.75) is 12.1 Å². The van der Waals surface area contributed by atoms with E-state index < -0.39 is 0 Å². The molecule has 0 aliphatic carbocycles. The van der Waals surface area contributed by atoms with E-state index in [9.17, 15) is 0 Å². The van der Waals surface area contributed by atoms with E-state index in [0.29, 0.717) is 12.1 Å². The molecule has 2 saturated heterocycles. The highest BCUT2D eigenvalue weighted by Crippen LogP contribution is 2.40. The van der Waals surface area contributed by atoms with E-state index in [1.54, 1.807) is 0 Å². The molecule has 3 atom stereocenters. The van der Waals surface area contributed by atoms with Gasteiger partial charge in [0.2, 0.25) is 0 Å². The predicted octanol–water partition coefficient (Wildman–Crippen LogP) is 0.844. The fourth-order valence-electron chi connectivity index (χ4n) is 3.09. The summed E-state index contributed by atoms with van der Waals surface area (Å²) in [4.78, 5) is 4.84. The van der Waals surface area contributed by atoms with Crippen LogP contribution in [0.1, 0.15) is 11.6 Å². The first-order valence-electron chi connectivity index (χ1n) is 6.77. The van der Waals surface area contributed by atoms with Crippen LogP contribution in [0, 0.1) is 0 Å². The highest BCUT2D eigenvalue weighted by Gasteiger charge is 2.34. The Morgan fingerprint density at radius 3 is 3.11 bits per heavy atom. The Hall–Kier alpha value is -1.26. The summed E-state index contributed by atoms with van der Waals surface area (Å²) < 4.78 is 5.95. The van der Waals surface area contributed by atoms with Crippen molar-refractivity contribution >= 4 is 5.69 Å². The van der Waals surface area contributed by atoms with Gasteiger partial charge in [0.25, 0.3) is 0 Å². The number of benzene rings is 1. The van der Waals surface area contributed by atoms with E-state index in [4.69, 9.17) is 4.74 Å². The molecule has 0 amide bonds. The maximum absolute atomic E-state index is 5.95. The summed E-state index contributed by atoms with van der Waals surface area (Å²) >= 11 is 0. The lowest BCUT2D eigenvalue weighted by Crippen LogP contribution is -2.55. The van der Waals surface area contributed by atoms with Crippen LogP contribution in [0.3, 0.4) is 0 Å². The summed E-state index contributed by atoms with van der Waals surface area (Å²) in [7, 11) is 2.16. The molecule has 2 fully saturated rings. The minimum Gasteiger partial charge on any atom is -0.489 e. The number of fused-ring (bicyclic) bond motifs is 3. The summed E-state index contributed by atoms with van der Waals surface area (Å²) in [6.45, 7) is 5.18. The van der Waals surface area contributed by atoms with Crippen molar-refractivity contribution in [1.29, 1.82) is 0 Å². The highest BCUT2D eigenvalue weighted by atomic mass is 16.5. The number of hydrogen-bond donors (Lipinski definition) is 1. The van der Waals surface area contributed by atoms with E-state index in [-0.39, 0.29) is 0 Å². The van der Waals surface area contributed by atoms with Crippen LogP contribution in [0.5, 0.6) is 5.75 Å². The van der Waals surface area contributed by atoms with Crippen LogP contribution >= 0.6 is 0 Å². The summed E-state index contributed by atoms with van der Waals surface area (Å²) in [5.41, 5.74) is 2.67. The predicted molar refractivity (Wildman–Crippen MR) is 71.3 cm³/mol. The topological polar surface area (TPSA) is 27.5 Å². The van der Waals surface area contributed by atoms with Crippen LogP contribution in [0.25, 0.3) is 0 Å². The van der Waals surface area contributed by atoms with Crippen molar-refractivity contribution in [3.05, 3.63) is 23.8 Å². The van der Waals surface area contributed by atoms with Gasteiger partial charge in [-0.2, -0.15) is 0 Å². The van der Waals surface area contributed by atoms with Gasteiger partial charge in [0.05, 0.1) is 11.7 Å². The number of rotatable bonds is 1. The Morgan fingerprint density at radius 2 is 2.28 bits per heavy atom. The van der Waals surface area contributed by atoms with Crippen molar-refractivity contribution < 1.29 is 4.74 Å². The second-order valence-electron chi connectivity index (χ2n) is 5.54. The van der Waals surface area contributed by atoms with Gasteiger partial charge in [-0.25, -0.2) is 0 Å². The van der Waals surface area contributed by atoms with Crippen LogP contribution in [0.15, 0.2) is 18.2 Å². The van der Waals surface area contributed by atoms with E-state index in [2.05, 4.69) is 40.4 Å². The second kappa shape index (κ2) is 3.87. The normalized spacial score (nSPS) is 33.4. The van der Waals surface area contributed by atoms with Gasteiger partial charge >= 0.3 is 0 Å². The van der Waals surface area contributed by atoms with Crippen LogP contribution in [0.2, 0.25) is 0 Å². The van der Waals surface area contributed by atoms with E-state index in [1.165, 1.54) is 17.8 Å². The molecule has 0 bridgehead atoms. The molecule has 3 unspecified atom stereocenters. The van der Waals surface area contributed by atoms with Gasteiger partial charge in [0, 0.05) is 32.2 Å². The molecule has 4 rings (SSSR count). The number of ether oxygens (including phenoxy) is 1. The second-order valence-corrected chi connectivity index (χ2v) is 5.54. The van der Waals surface area contributed by atoms with Crippen LogP contribution in [-0.2, 0) is 0 Å². The van der Waals surface area contributed by atoms with E-state index >= 15 is 0 Å². The molecule has 0 spiro atoms. The zero-order valence-corrected chi connectivity index (χ0v) is 10.7. The standard InChI is InChI=1S/C14H19N3O/c1-16-8-13(16)10-2-3-12-14(6-10)18-9-11-7-15-4-5-17(11)12/h2-3,6,11,13,15H,4-5,7-9H2,1H3. The molecule has 0 aromatic heterocycles. The molecule has 4 nitrogen and oxygen atoms in total. The molecular formula is C14H19N3O. The number of anilines is 1. The van der Waals surface area contributed by atoms with Gasteiger partial charge in [0.1, 0.15) is 12.4 Å². The lowest BCUT2D eigenvalue weighted by Gasteiger charge is -2.42. The number of nitrogens with zero attached hydrogens (tertiary/aromatic N) is 2. The van der Waals surface area contributed by atoms with Crippen LogP contribution < -0.4 is 15.0 Å². The fraction of sp³-hybridized carbons (Fsp3) is 0.571. The summed E-state index contributed by atoms with van der Waals surface area (Å²) in [6.07, 6.45) is 0. The Labute approximate surface area is 108 Å². The monoisotopic (exact) mass is 245 g/mol. The molecule has 96 valence electrons. The third kappa shape index (κ3) is 1.60. The third-order valence-electron chi connectivity index (χ3n) is 4.32. The molecule has 4 heteroatoms. The van der Waals surface area contributed by atoms with E-state index in [1.807, 2.05) is 0 Å². The van der Waals surface area contributed by atoms with Crippen LogP contribution in [-0.4, -0.2) is 50.8 Å². The van der Waals surface area contributed by atoms with Gasteiger partial charge < -0.3 is 15.0 Å². The van der Waals surface area contributed by atoms with Crippen molar-refractivity contribution in [1.82, 2.24) is 10.2 Å². The molecule has 0 radical (unpaired) electrons. The highest BCUT2D eigenvalue weighted by molar-refractivity contribution is 5.62. The smallest absolute Gasteiger partial charge is 0.143 e. The average molecular weight is 245 g/mol. The lowest BCUT2D eigenvalue weighted by atomic mass is 10.1. The lowest BCUT2D eigenvalue weighted by molar-refractivity contribution is 0.247. The maximum Gasteiger partial charge on any atom is 0.143 e. The van der Waals surface area contributed by atoms with Gasteiger partial charge in [-0.15, -0.1) is 0 Å². The molecule has 3 heterocycles. The summed E-state index contributed by atoms with van der Waals surface area (Å²) in [5.74, 6) is 1.07. The number of piperazine rings is 1. The summed E-state index contributed by atoms with van der Waals surface area (Å²) in [5, 5.41) is 3.43. The number of likely N-dealkylation sites (N-methyl/N-ethyl adjacent to an activating group) is 1. The molecule has 3 aliphatic rings. The first-order chi connectivity index (χ1) is 8.83. The molecule has 18 heavy (non-hydrogen) atoms. The van der Waals surface area contributed by atoms with Crippen molar-refractivity contribution in [2.75, 3.05) is 44.7 Å². The molecule has 1 aromatic carbocycles. The zero-order chi connectivity index (χ0) is 12.1. The largest absolute Gasteiger partial charge is 0.489 e. The molecule has 0 saturated carbocycles. The minimum absolute atomic E-state index is 0.501. The Balaban J connectivity index is 1.67. The fourth-order valence-corrected chi connectivity index (χ4v) is 3.09. The molecule has 1 N–H and O–H groups in total. The molecular weight excluding hydrogens is 226 g/mol. The maximum atomic E-state index is 5.95. The Morgan fingerprint density at radius 1 is 1.39 bits per heavy atom. The third-order valence-corrected chi connectivity index (χ3v) is 4.32. The van der Waals surface area contributed by atoms with Gasteiger partial charge in [-0.05, 0) is 24.7 Å². The van der Waals surface area contributed by atoms with Crippen molar-refractivity contribution in [2.24, 2.45) is 0 Å². The van der Waals surface area contributed by atoms with Crippen LogP contribution in [0.4, 0.5) is 5.69 Å². The van der Waals surface area contributed by atoms with Crippen molar-refractivity contribution in [3.63, 3.8) is 0 Å². The SMILES string of the molecule is CN1CC1c1ccc2c(c1)OCC1CNCCN21. The Bertz CT molecular complexity index is 476. The zero-order valence-electron chi connectivity index (χ0n) is 10.7. The minimum atomic E-state index is 0.501. The number of hydrogen-bond acceptors (Lipinski definition) is 4. The molecule has 1 aromatic rings. The van der Waals surface area contributed by atoms with Gasteiger partial charge in [0.15, 0.2) is 0 Å². The first-order valence-corrected chi connectivity index (χ1v) is 6.77.